The van der Waals surface area contributed by atoms with Crippen molar-refractivity contribution in [2.45, 2.75) is 25.4 Å². The highest BCUT2D eigenvalue weighted by atomic mass is 16.2. The van der Waals surface area contributed by atoms with Gasteiger partial charge in [0, 0.05) is 17.8 Å². The van der Waals surface area contributed by atoms with Crippen LogP contribution >= 0.6 is 0 Å². The normalized spacial score (nSPS) is 15.9. The molecule has 1 aliphatic rings. The third-order valence-corrected chi connectivity index (χ3v) is 6.54. The molecule has 3 aromatic carbocycles. The zero-order chi connectivity index (χ0) is 22.5. The van der Waals surface area contributed by atoms with Crippen LogP contribution in [0.25, 0.3) is 10.9 Å². The topological polar surface area (TPSA) is 45.2 Å². The number of para-hydroxylation sites is 1. The molecule has 0 saturated carbocycles. The fourth-order valence-electron chi connectivity index (χ4n) is 4.67. The molecule has 5 rings (SSSR count). The van der Waals surface area contributed by atoms with Gasteiger partial charge in [0.2, 0.25) is 5.91 Å². The third-order valence-electron chi connectivity index (χ3n) is 6.54. The fourth-order valence-corrected chi connectivity index (χ4v) is 4.67. The first-order chi connectivity index (χ1) is 16.3. The lowest BCUT2D eigenvalue weighted by Crippen LogP contribution is -2.41. The maximum atomic E-state index is 13.3. The summed E-state index contributed by atoms with van der Waals surface area (Å²) in [6, 6.07) is 32.6. The van der Waals surface area contributed by atoms with Crippen LogP contribution < -0.4 is 5.32 Å². The van der Waals surface area contributed by atoms with Crippen molar-refractivity contribution in [2.24, 2.45) is 5.92 Å². The van der Waals surface area contributed by atoms with Crippen LogP contribution in [0.2, 0.25) is 0 Å². The standard InChI is InChI=1S/C29H29N3O/c33-29(25-17-19-32(20-18-25)21-22-9-3-1-4-10-22)31-28(24-12-5-2-6-13-24)27-16-15-23-11-7-8-14-26(23)30-27/h1-16,25,28H,17-21H2,(H,31,33). The number of pyridine rings is 1. The predicted molar refractivity (Wildman–Crippen MR) is 133 cm³/mol. The van der Waals surface area contributed by atoms with E-state index >= 15 is 0 Å². The minimum atomic E-state index is -0.259. The van der Waals surface area contributed by atoms with Crippen LogP contribution in [-0.2, 0) is 11.3 Å². The number of benzene rings is 3. The van der Waals surface area contributed by atoms with Gasteiger partial charge in [-0.05, 0) is 49.2 Å². The molecule has 4 nitrogen and oxygen atoms in total. The number of nitrogens with one attached hydrogen (secondary N) is 1. The van der Waals surface area contributed by atoms with Gasteiger partial charge < -0.3 is 5.32 Å². The van der Waals surface area contributed by atoms with Crippen molar-refractivity contribution < 1.29 is 4.79 Å². The molecule has 1 N–H and O–H groups in total. The molecule has 1 aliphatic heterocycles. The summed E-state index contributed by atoms with van der Waals surface area (Å²) in [4.78, 5) is 20.7. The van der Waals surface area contributed by atoms with E-state index in [1.807, 2.05) is 48.5 Å². The molecule has 1 fully saturated rings. The minimum Gasteiger partial charge on any atom is -0.343 e. The predicted octanol–water partition coefficient (Wildman–Crippen LogP) is 5.35. The molecule has 0 radical (unpaired) electrons. The minimum absolute atomic E-state index is 0.0312. The lowest BCUT2D eigenvalue weighted by molar-refractivity contribution is -0.127. The Balaban J connectivity index is 1.29. The van der Waals surface area contributed by atoms with Gasteiger partial charge in [-0.2, -0.15) is 0 Å². The Hall–Kier alpha value is -3.50. The second kappa shape index (κ2) is 9.97. The first kappa shape index (κ1) is 21.4. The van der Waals surface area contributed by atoms with Gasteiger partial charge in [0.15, 0.2) is 0 Å². The number of aromatic nitrogens is 1. The van der Waals surface area contributed by atoms with E-state index in [4.69, 9.17) is 4.98 Å². The van der Waals surface area contributed by atoms with E-state index in [1.54, 1.807) is 0 Å². The summed E-state index contributed by atoms with van der Waals surface area (Å²) >= 11 is 0. The Morgan fingerprint density at radius 3 is 2.27 bits per heavy atom. The number of nitrogens with zero attached hydrogens (tertiary/aromatic N) is 2. The smallest absolute Gasteiger partial charge is 0.224 e. The van der Waals surface area contributed by atoms with Crippen LogP contribution in [0.4, 0.5) is 0 Å². The Morgan fingerprint density at radius 2 is 1.52 bits per heavy atom. The van der Waals surface area contributed by atoms with Gasteiger partial charge in [0.1, 0.15) is 0 Å². The number of amides is 1. The molecular weight excluding hydrogens is 406 g/mol. The van der Waals surface area contributed by atoms with Gasteiger partial charge in [-0.1, -0.05) is 84.9 Å². The van der Waals surface area contributed by atoms with Crippen molar-refractivity contribution in [1.29, 1.82) is 0 Å². The Labute approximate surface area is 195 Å². The van der Waals surface area contributed by atoms with Gasteiger partial charge in [0.25, 0.3) is 0 Å². The summed E-state index contributed by atoms with van der Waals surface area (Å²) < 4.78 is 0. The van der Waals surface area contributed by atoms with Crippen LogP contribution in [0.1, 0.15) is 35.7 Å². The van der Waals surface area contributed by atoms with Crippen molar-refractivity contribution in [3.05, 3.63) is 114 Å². The van der Waals surface area contributed by atoms with E-state index < -0.39 is 0 Å². The monoisotopic (exact) mass is 435 g/mol. The van der Waals surface area contributed by atoms with Crippen LogP contribution in [-0.4, -0.2) is 28.9 Å². The molecule has 0 spiro atoms. The summed E-state index contributed by atoms with van der Waals surface area (Å²) in [5.74, 6) is 0.155. The van der Waals surface area contributed by atoms with Gasteiger partial charge >= 0.3 is 0 Å². The van der Waals surface area contributed by atoms with Crippen molar-refractivity contribution in [3.8, 4) is 0 Å². The molecule has 0 bridgehead atoms. The summed E-state index contributed by atoms with van der Waals surface area (Å²) in [7, 11) is 0. The Kier molecular flexibility index (Phi) is 6.45. The molecule has 4 aromatic rings. The lowest BCUT2D eigenvalue weighted by atomic mass is 9.94. The number of fused-ring (bicyclic) bond motifs is 1. The largest absolute Gasteiger partial charge is 0.343 e. The van der Waals surface area contributed by atoms with Crippen LogP contribution in [0, 0.1) is 5.92 Å². The van der Waals surface area contributed by atoms with E-state index in [1.165, 1.54) is 5.56 Å². The summed E-state index contributed by atoms with van der Waals surface area (Å²) in [6.07, 6.45) is 1.76. The molecule has 4 heteroatoms. The average molecular weight is 436 g/mol. The van der Waals surface area contributed by atoms with E-state index in [-0.39, 0.29) is 17.9 Å². The second-order valence-corrected chi connectivity index (χ2v) is 8.82. The van der Waals surface area contributed by atoms with Gasteiger partial charge in [0.05, 0.1) is 17.3 Å². The Bertz CT molecular complexity index is 1200. The lowest BCUT2D eigenvalue weighted by Gasteiger charge is -2.32. The van der Waals surface area contributed by atoms with Gasteiger partial charge in [-0.25, -0.2) is 0 Å². The number of carbonyl (C=O) groups is 1. The summed E-state index contributed by atoms with van der Waals surface area (Å²) in [6.45, 7) is 2.83. The molecule has 166 valence electrons. The second-order valence-electron chi connectivity index (χ2n) is 8.82. The fraction of sp³-hybridized carbons (Fsp3) is 0.241. The van der Waals surface area contributed by atoms with E-state index in [2.05, 4.69) is 58.7 Å². The molecule has 1 atom stereocenters. The van der Waals surface area contributed by atoms with E-state index in [9.17, 15) is 4.79 Å². The summed E-state index contributed by atoms with van der Waals surface area (Å²) in [5, 5.41) is 4.43. The highest BCUT2D eigenvalue weighted by Gasteiger charge is 2.28. The zero-order valence-corrected chi connectivity index (χ0v) is 18.7. The number of piperidine rings is 1. The van der Waals surface area contributed by atoms with Crippen molar-refractivity contribution >= 4 is 16.8 Å². The number of hydrogen-bond acceptors (Lipinski definition) is 3. The number of hydrogen-bond donors (Lipinski definition) is 1. The first-order valence-electron chi connectivity index (χ1n) is 11.7. The van der Waals surface area contributed by atoms with E-state index in [0.29, 0.717) is 0 Å². The van der Waals surface area contributed by atoms with E-state index in [0.717, 1.165) is 54.6 Å². The maximum Gasteiger partial charge on any atom is 0.224 e. The van der Waals surface area contributed by atoms with Crippen LogP contribution in [0.15, 0.2) is 97.1 Å². The average Bonchev–Trinajstić information content (AvgIpc) is 2.88. The quantitative estimate of drug-likeness (QED) is 0.444. The van der Waals surface area contributed by atoms with Crippen molar-refractivity contribution in [1.82, 2.24) is 15.2 Å². The highest BCUT2D eigenvalue weighted by Crippen LogP contribution is 2.25. The molecule has 0 aliphatic carbocycles. The number of likely N-dealkylation sites (tertiary alicyclic amines) is 1. The molecular formula is C29H29N3O. The van der Waals surface area contributed by atoms with Gasteiger partial charge in [-0.3, -0.25) is 14.7 Å². The molecule has 1 unspecified atom stereocenters. The van der Waals surface area contributed by atoms with Crippen molar-refractivity contribution in [3.63, 3.8) is 0 Å². The maximum absolute atomic E-state index is 13.3. The molecule has 33 heavy (non-hydrogen) atoms. The van der Waals surface area contributed by atoms with Crippen molar-refractivity contribution in [2.75, 3.05) is 13.1 Å². The third kappa shape index (κ3) is 5.12. The number of carbonyl (C=O) groups excluding carboxylic acids is 1. The van der Waals surface area contributed by atoms with Gasteiger partial charge in [-0.15, -0.1) is 0 Å². The summed E-state index contributed by atoms with van der Waals surface area (Å²) in [5.41, 5.74) is 4.19. The highest BCUT2D eigenvalue weighted by molar-refractivity contribution is 5.81. The molecule has 1 amide bonds. The molecule has 1 saturated heterocycles. The number of rotatable bonds is 6. The SMILES string of the molecule is O=C(NC(c1ccccc1)c1ccc2ccccc2n1)C1CCN(Cc2ccccc2)CC1. The zero-order valence-electron chi connectivity index (χ0n) is 18.7. The molecule has 2 heterocycles. The molecule has 1 aromatic heterocycles. The Morgan fingerprint density at radius 1 is 0.848 bits per heavy atom. The van der Waals surface area contributed by atoms with Crippen LogP contribution in [0.5, 0.6) is 0 Å². The van der Waals surface area contributed by atoms with Crippen LogP contribution in [0.3, 0.4) is 0 Å². The first-order valence-corrected chi connectivity index (χ1v) is 11.7.